The van der Waals surface area contributed by atoms with Gasteiger partial charge in [-0.3, -0.25) is 4.79 Å². The second kappa shape index (κ2) is 6.19. The molecule has 3 nitrogen and oxygen atoms in total. The quantitative estimate of drug-likeness (QED) is 0.731. The fourth-order valence-corrected chi connectivity index (χ4v) is 2.82. The Bertz CT molecular complexity index is 268. The van der Waals surface area contributed by atoms with Crippen molar-refractivity contribution in [1.82, 2.24) is 4.90 Å². The number of halogens is 1. The maximum absolute atomic E-state index is 12.4. The predicted molar refractivity (Wildman–Crippen MR) is 71.3 cm³/mol. The average Bonchev–Trinajstić information content (AvgIpc) is 2.67. The van der Waals surface area contributed by atoms with Gasteiger partial charge in [0.15, 0.2) is 0 Å². The minimum absolute atomic E-state index is 0.166. The Morgan fingerprint density at radius 3 is 2.59 bits per heavy atom. The average molecular weight is 304 g/mol. The van der Waals surface area contributed by atoms with Crippen molar-refractivity contribution >= 4 is 21.8 Å². The van der Waals surface area contributed by atoms with Crippen molar-refractivity contribution in [3.8, 4) is 0 Å². The van der Waals surface area contributed by atoms with Crippen molar-refractivity contribution in [3.63, 3.8) is 0 Å². The lowest BCUT2D eigenvalue weighted by Crippen LogP contribution is -2.49. The monoisotopic (exact) mass is 303 g/mol. The van der Waals surface area contributed by atoms with Crippen LogP contribution in [-0.4, -0.2) is 40.9 Å². The van der Waals surface area contributed by atoms with Gasteiger partial charge in [0.25, 0.3) is 5.91 Å². The van der Waals surface area contributed by atoms with Crippen molar-refractivity contribution < 1.29 is 9.53 Å². The van der Waals surface area contributed by atoms with Crippen molar-refractivity contribution in [2.45, 2.75) is 63.7 Å². The summed E-state index contributed by atoms with van der Waals surface area (Å²) in [4.78, 5) is 14.5. The second-order valence-corrected chi connectivity index (χ2v) is 5.96. The van der Waals surface area contributed by atoms with E-state index in [0.717, 1.165) is 31.1 Å². The van der Waals surface area contributed by atoms with E-state index in [4.69, 9.17) is 4.74 Å². The molecule has 17 heavy (non-hydrogen) atoms. The number of hydrogen-bond acceptors (Lipinski definition) is 2. The molecule has 0 radical (unpaired) electrons. The van der Waals surface area contributed by atoms with Crippen LogP contribution in [0.4, 0.5) is 0 Å². The summed E-state index contributed by atoms with van der Waals surface area (Å²) in [5.74, 6) is 0.236. The summed E-state index contributed by atoms with van der Waals surface area (Å²) in [6, 6.07) is 0.487. The molecule has 2 rings (SSSR count). The van der Waals surface area contributed by atoms with E-state index in [9.17, 15) is 4.79 Å². The maximum atomic E-state index is 12.4. The van der Waals surface area contributed by atoms with E-state index in [2.05, 4.69) is 27.8 Å². The summed E-state index contributed by atoms with van der Waals surface area (Å²) in [6.45, 7) is 2.93. The molecular formula is C13H22BrNO2. The molecule has 2 aliphatic rings. The molecule has 2 unspecified atom stereocenters. The molecule has 0 aromatic rings. The fraction of sp³-hybridized carbons (Fsp3) is 0.923. The molecule has 0 bridgehead atoms. The summed E-state index contributed by atoms with van der Waals surface area (Å²) in [7, 11) is 0. The van der Waals surface area contributed by atoms with E-state index in [0.29, 0.717) is 6.04 Å². The highest BCUT2D eigenvalue weighted by Crippen LogP contribution is 2.28. The molecule has 1 amide bonds. The molecule has 4 heteroatoms. The summed E-state index contributed by atoms with van der Waals surface area (Å²) in [5, 5.41) is 0.964. The fourth-order valence-electron chi connectivity index (χ4n) is 2.57. The highest BCUT2D eigenvalue weighted by atomic mass is 79.9. The normalized spacial score (nSPS) is 29.1. The van der Waals surface area contributed by atoms with Crippen LogP contribution in [0.5, 0.6) is 0 Å². The van der Waals surface area contributed by atoms with Crippen LogP contribution in [0.2, 0.25) is 0 Å². The molecule has 0 spiro atoms. The molecule has 2 fully saturated rings. The summed E-state index contributed by atoms with van der Waals surface area (Å²) in [6.07, 6.45) is 6.66. The smallest absolute Gasteiger partial charge is 0.251 e. The zero-order valence-electron chi connectivity index (χ0n) is 10.5. The summed E-state index contributed by atoms with van der Waals surface area (Å²) >= 11 is 3.44. The Labute approximate surface area is 112 Å². The largest absolute Gasteiger partial charge is 0.365 e. The van der Waals surface area contributed by atoms with Gasteiger partial charge in [-0.25, -0.2) is 0 Å². The predicted octanol–water partition coefficient (Wildman–Crippen LogP) is 2.72. The van der Waals surface area contributed by atoms with Gasteiger partial charge in [-0.15, -0.1) is 0 Å². The first-order chi connectivity index (χ1) is 8.22. The molecule has 1 aliphatic heterocycles. The van der Waals surface area contributed by atoms with Crippen LogP contribution in [0.1, 0.15) is 45.4 Å². The molecule has 1 saturated heterocycles. The molecule has 0 aromatic heterocycles. The number of amides is 1. The van der Waals surface area contributed by atoms with E-state index in [1.165, 1.54) is 19.3 Å². The van der Waals surface area contributed by atoms with Crippen LogP contribution in [0.25, 0.3) is 0 Å². The Balaban J connectivity index is 1.91. The number of rotatable bonds is 5. The first-order valence-electron chi connectivity index (χ1n) is 6.74. The number of carbonyl (C=O) groups is 1. The van der Waals surface area contributed by atoms with E-state index in [-0.39, 0.29) is 18.1 Å². The molecule has 1 heterocycles. The molecule has 2 atom stereocenters. The van der Waals surface area contributed by atoms with Gasteiger partial charge in [-0.2, -0.15) is 0 Å². The number of carbonyl (C=O) groups excluding carboxylic acids is 1. The first-order valence-corrected chi connectivity index (χ1v) is 7.86. The van der Waals surface area contributed by atoms with Gasteiger partial charge < -0.3 is 9.64 Å². The maximum Gasteiger partial charge on any atom is 0.251 e. The number of alkyl halides is 1. The first kappa shape index (κ1) is 13.3. The number of hydrogen-bond donors (Lipinski definition) is 0. The van der Waals surface area contributed by atoms with E-state index < -0.39 is 0 Å². The van der Waals surface area contributed by atoms with Gasteiger partial charge in [0.05, 0.1) is 6.10 Å². The Kier molecular flexibility index (Phi) is 4.86. The third-order valence-electron chi connectivity index (χ3n) is 3.84. The van der Waals surface area contributed by atoms with Crippen LogP contribution in [0.3, 0.4) is 0 Å². The number of nitrogens with zero attached hydrogens (tertiary/aromatic N) is 1. The lowest BCUT2D eigenvalue weighted by atomic mass is 9.91. The highest BCUT2D eigenvalue weighted by Gasteiger charge is 2.36. The molecule has 0 N–H and O–H groups in total. The van der Waals surface area contributed by atoms with Crippen molar-refractivity contribution in [1.29, 1.82) is 0 Å². The van der Waals surface area contributed by atoms with E-state index in [1.807, 2.05) is 0 Å². The van der Waals surface area contributed by atoms with Gasteiger partial charge in [-0.1, -0.05) is 15.9 Å². The van der Waals surface area contributed by atoms with Crippen molar-refractivity contribution in [2.24, 2.45) is 0 Å². The zero-order valence-corrected chi connectivity index (χ0v) is 12.1. The zero-order chi connectivity index (χ0) is 12.3. The Morgan fingerprint density at radius 1 is 1.35 bits per heavy atom. The summed E-state index contributed by atoms with van der Waals surface area (Å²) in [5.41, 5.74) is 0. The molecule has 1 saturated carbocycles. The topological polar surface area (TPSA) is 29.5 Å². The third-order valence-corrected chi connectivity index (χ3v) is 4.40. The molecular weight excluding hydrogens is 282 g/mol. The number of ether oxygens (including phenoxy) is 1. The SMILES string of the molecule is CC1CCC(C(=O)N(CCCBr)C2CCC2)O1. The highest BCUT2D eigenvalue weighted by molar-refractivity contribution is 9.09. The van der Waals surface area contributed by atoms with E-state index >= 15 is 0 Å². The second-order valence-electron chi connectivity index (χ2n) is 5.17. The van der Waals surface area contributed by atoms with Crippen LogP contribution >= 0.6 is 15.9 Å². The Morgan fingerprint density at radius 2 is 2.12 bits per heavy atom. The molecule has 98 valence electrons. The van der Waals surface area contributed by atoms with Gasteiger partial charge >= 0.3 is 0 Å². The van der Waals surface area contributed by atoms with Crippen LogP contribution in [0, 0.1) is 0 Å². The van der Waals surface area contributed by atoms with Crippen LogP contribution < -0.4 is 0 Å². The standard InChI is InChI=1S/C13H22BrNO2/c1-10-6-7-12(17-10)13(16)15(9-3-8-14)11-4-2-5-11/h10-12H,2-9H2,1H3. The van der Waals surface area contributed by atoms with Crippen molar-refractivity contribution in [3.05, 3.63) is 0 Å². The molecule has 0 aromatic carbocycles. The van der Waals surface area contributed by atoms with Gasteiger partial charge in [0, 0.05) is 17.9 Å². The van der Waals surface area contributed by atoms with E-state index in [1.54, 1.807) is 0 Å². The minimum atomic E-state index is -0.166. The lowest BCUT2D eigenvalue weighted by molar-refractivity contribution is -0.146. The third kappa shape index (κ3) is 3.22. The van der Waals surface area contributed by atoms with Gasteiger partial charge in [-0.05, 0) is 45.4 Å². The molecule has 1 aliphatic carbocycles. The van der Waals surface area contributed by atoms with Crippen molar-refractivity contribution in [2.75, 3.05) is 11.9 Å². The van der Waals surface area contributed by atoms with Gasteiger partial charge in [0.2, 0.25) is 0 Å². The van der Waals surface area contributed by atoms with Gasteiger partial charge in [0.1, 0.15) is 6.10 Å². The summed E-state index contributed by atoms with van der Waals surface area (Å²) < 4.78 is 5.70. The Hall–Kier alpha value is -0.0900. The van der Waals surface area contributed by atoms with Crippen LogP contribution in [0.15, 0.2) is 0 Å². The van der Waals surface area contributed by atoms with Crippen LogP contribution in [-0.2, 0) is 9.53 Å². The minimum Gasteiger partial charge on any atom is -0.365 e. The lowest BCUT2D eigenvalue weighted by Gasteiger charge is -2.38.